The molecule has 0 radical (unpaired) electrons. The third-order valence-corrected chi connectivity index (χ3v) is 5.01. The largest absolute Gasteiger partial charge is 0.468 e. The van der Waals surface area contributed by atoms with E-state index < -0.39 is 11.9 Å². The third kappa shape index (κ3) is 2.61. The van der Waals surface area contributed by atoms with Gasteiger partial charge in [-0.2, -0.15) is 0 Å². The predicted octanol–water partition coefficient (Wildman–Crippen LogP) is 2.85. The van der Waals surface area contributed by atoms with Crippen molar-refractivity contribution in [1.29, 1.82) is 0 Å². The van der Waals surface area contributed by atoms with Crippen LogP contribution in [0.2, 0.25) is 0 Å². The van der Waals surface area contributed by atoms with Gasteiger partial charge in [-0.05, 0) is 11.6 Å². The van der Waals surface area contributed by atoms with Crippen molar-refractivity contribution in [3.63, 3.8) is 0 Å². The molecular formula is C20H19NO4. The minimum atomic E-state index is -0.863. The minimum Gasteiger partial charge on any atom is -0.468 e. The van der Waals surface area contributed by atoms with Crippen LogP contribution in [0.4, 0.5) is 5.69 Å². The van der Waals surface area contributed by atoms with E-state index in [0.717, 1.165) is 16.8 Å². The molecule has 2 aromatic carbocycles. The third-order valence-electron chi connectivity index (χ3n) is 5.01. The Morgan fingerprint density at radius 1 is 1.12 bits per heavy atom. The second-order valence-corrected chi connectivity index (χ2v) is 6.36. The molecule has 0 saturated carbocycles. The Morgan fingerprint density at radius 3 is 2.60 bits per heavy atom. The second-order valence-electron chi connectivity index (χ2n) is 6.36. The highest BCUT2D eigenvalue weighted by molar-refractivity contribution is 6.08. The molecule has 2 aliphatic rings. The smallest absolute Gasteiger partial charge is 0.318 e. The Morgan fingerprint density at radius 2 is 1.84 bits per heavy atom. The predicted molar refractivity (Wildman–Crippen MR) is 91.8 cm³/mol. The molecule has 0 N–H and O–H groups in total. The fourth-order valence-corrected chi connectivity index (χ4v) is 3.81. The Bertz CT molecular complexity index is 804. The van der Waals surface area contributed by atoms with Crippen molar-refractivity contribution in [3.05, 3.63) is 65.7 Å². The first kappa shape index (κ1) is 15.8. The fourth-order valence-electron chi connectivity index (χ4n) is 3.81. The average molecular weight is 337 g/mol. The maximum absolute atomic E-state index is 13.3. The van der Waals surface area contributed by atoms with E-state index in [-0.39, 0.29) is 18.1 Å². The molecule has 25 heavy (non-hydrogen) atoms. The number of ether oxygens (including phenoxy) is 2. The van der Waals surface area contributed by atoms with Gasteiger partial charge in [-0.1, -0.05) is 48.5 Å². The second kappa shape index (κ2) is 6.33. The van der Waals surface area contributed by atoms with Crippen molar-refractivity contribution in [1.82, 2.24) is 0 Å². The number of nitrogens with zero attached hydrogens (tertiary/aromatic N) is 1. The lowest BCUT2D eigenvalue weighted by molar-refractivity contribution is -0.154. The van der Waals surface area contributed by atoms with Crippen molar-refractivity contribution < 1.29 is 19.1 Å². The molecule has 3 atom stereocenters. The number of benzene rings is 2. The zero-order valence-electron chi connectivity index (χ0n) is 13.9. The zero-order chi connectivity index (χ0) is 17.4. The molecule has 128 valence electrons. The summed E-state index contributed by atoms with van der Waals surface area (Å²) in [6.07, 6.45) is 0.192. The van der Waals surface area contributed by atoms with Crippen LogP contribution < -0.4 is 4.90 Å². The van der Waals surface area contributed by atoms with Crippen LogP contribution in [0.1, 0.15) is 23.5 Å². The van der Waals surface area contributed by atoms with Gasteiger partial charge < -0.3 is 9.47 Å². The summed E-state index contributed by atoms with van der Waals surface area (Å²) in [4.78, 5) is 27.3. The molecule has 0 aliphatic carbocycles. The number of hydrogen-bond donors (Lipinski definition) is 0. The summed E-state index contributed by atoms with van der Waals surface area (Å²) < 4.78 is 10.9. The van der Waals surface area contributed by atoms with E-state index in [9.17, 15) is 9.59 Å². The monoisotopic (exact) mass is 337 g/mol. The molecular weight excluding hydrogens is 318 g/mol. The molecule has 0 aromatic heterocycles. The molecule has 2 heterocycles. The number of piperidine rings is 1. The number of fused-ring (bicyclic) bond motifs is 3. The first-order valence-electron chi connectivity index (χ1n) is 8.36. The lowest BCUT2D eigenvalue weighted by Crippen LogP contribution is -2.56. The Labute approximate surface area is 146 Å². The molecule has 4 rings (SSSR count). The van der Waals surface area contributed by atoms with Crippen molar-refractivity contribution in [2.45, 2.75) is 25.2 Å². The Hall–Kier alpha value is -2.66. The quantitative estimate of drug-likeness (QED) is 0.625. The summed E-state index contributed by atoms with van der Waals surface area (Å²) in [6, 6.07) is 17.3. The molecule has 5 heteroatoms. The van der Waals surface area contributed by atoms with Gasteiger partial charge in [0.2, 0.25) is 5.91 Å². The van der Waals surface area contributed by atoms with Crippen molar-refractivity contribution in [2.75, 3.05) is 12.0 Å². The van der Waals surface area contributed by atoms with Crippen molar-refractivity contribution >= 4 is 17.6 Å². The van der Waals surface area contributed by atoms with Gasteiger partial charge in [0.05, 0.1) is 19.4 Å². The van der Waals surface area contributed by atoms with Crippen LogP contribution in [0.3, 0.4) is 0 Å². The zero-order valence-corrected chi connectivity index (χ0v) is 13.9. The van der Waals surface area contributed by atoms with Crippen molar-refractivity contribution in [2.24, 2.45) is 5.92 Å². The van der Waals surface area contributed by atoms with Gasteiger partial charge in [0.1, 0.15) is 12.1 Å². The Balaban J connectivity index is 1.77. The molecule has 2 aromatic rings. The molecule has 1 amide bonds. The first-order valence-corrected chi connectivity index (χ1v) is 8.36. The normalized spacial score (nSPS) is 25.1. The van der Waals surface area contributed by atoms with Gasteiger partial charge in [-0.15, -0.1) is 0 Å². The number of hydrogen-bond acceptors (Lipinski definition) is 4. The number of amides is 1. The molecule has 2 aliphatic heterocycles. The summed E-state index contributed by atoms with van der Waals surface area (Å²) in [6.45, 7) is 0.467. The SMILES string of the molecule is COC(=O)[C@H]1C(=O)N2c3ccccc3CO[C@H]2C[C@@H]1c1ccccc1. The maximum Gasteiger partial charge on any atom is 0.318 e. The lowest BCUT2D eigenvalue weighted by Gasteiger charge is -2.45. The van der Waals surface area contributed by atoms with E-state index >= 15 is 0 Å². The fraction of sp³-hybridized carbons (Fsp3) is 0.300. The summed E-state index contributed by atoms with van der Waals surface area (Å²) in [5.74, 6) is -1.88. The average Bonchev–Trinajstić information content (AvgIpc) is 2.67. The number of carbonyl (C=O) groups excluding carboxylic acids is 2. The molecule has 0 spiro atoms. The molecule has 0 bridgehead atoms. The van der Waals surface area contributed by atoms with Crippen LogP contribution in [0.25, 0.3) is 0 Å². The first-order chi connectivity index (χ1) is 12.2. The highest BCUT2D eigenvalue weighted by Crippen LogP contribution is 2.43. The number of carbonyl (C=O) groups is 2. The number of methoxy groups -OCH3 is 1. The highest BCUT2D eigenvalue weighted by Gasteiger charge is 2.49. The van der Waals surface area contributed by atoms with Gasteiger partial charge in [0, 0.05) is 17.9 Å². The summed E-state index contributed by atoms with van der Waals surface area (Å²) in [5, 5.41) is 0. The van der Waals surface area contributed by atoms with Crippen LogP contribution in [0, 0.1) is 5.92 Å². The van der Waals surface area contributed by atoms with Gasteiger partial charge >= 0.3 is 5.97 Å². The van der Waals surface area contributed by atoms with Gasteiger partial charge in [-0.25, -0.2) is 0 Å². The molecule has 1 fully saturated rings. The number of para-hydroxylation sites is 1. The van der Waals surface area contributed by atoms with E-state index in [4.69, 9.17) is 9.47 Å². The van der Waals surface area contributed by atoms with E-state index in [1.54, 1.807) is 4.90 Å². The van der Waals surface area contributed by atoms with Crippen LogP contribution in [0.15, 0.2) is 54.6 Å². The number of anilines is 1. The van der Waals surface area contributed by atoms with Crippen LogP contribution in [0.5, 0.6) is 0 Å². The van der Waals surface area contributed by atoms with Gasteiger partial charge in [0.25, 0.3) is 0 Å². The van der Waals surface area contributed by atoms with Crippen LogP contribution in [-0.2, 0) is 25.7 Å². The number of rotatable bonds is 2. The molecule has 0 unspecified atom stereocenters. The van der Waals surface area contributed by atoms with E-state index in [2.05, 4.69) is 0 Å². The van der Waals surface area contributed by atoms with Gasteiger partial charge in [-0.3, -0.25) is 14.5 Å². The molecule has 1 saturated heterocycles. The van der Waals surface area contributed by atoms with E-state index in [0.29, 0.717) is 13.0 Å². The highest BCUT2D eigenvalue weighted by atomic mass is 16.5. The maximum atomic E-state index is 13.3. The lowest BCUT2D eigenvalue weighted by atomic mass is 9.78. The van der Waals surface area contributed by atoms with Crippen LogP contribution >= 0.6 is 0 Å². The van der Waals surface area contributed by atoms with E-state index in [1.807, 2.05) is 54.6 Å². The van der Waals surface area contributed by atoms with Crippen molar-refractivity contribution in [3.8, 4) is 0 Å². The summed E-state index contributed by atoms with van der Waals surface area (Å²) in [5.41, 5.74) is 2.73. The topological polar surface area (TPSA) is 55.8 Å². The summed E-state index contributed by atoms with van der Waals surface area (Å²) >= 11 is 0. The number of esters is 1. The Kier molecular flexibility index (Phi) is 4.01. The van der Waals surface area contributed by atoms with Gasteiger partial charge in [0.15, 0.2) is 0 Å². The summed E-state index contributed by atoms with van der Waals surface area (Å²) in [7, 11) is 1.32. The minimum absolute atomic E-state index is 0.257. The van der Waals surface area contributed by atoms with E-state index in [1.165, 1.54) is 7.11 Å². The molecule has 5 nitrogen and oxygen atoms in total. The van der Waals surface area contributed by atoms with Crippen LogP contribution in [-0.4, -0.2) is 25.2 Å². The standard InChI is InChI=1S/C20H19NO4/c1-24-20(23)18-15(13-7-3-2-4-8-13)11-17-21(19(18)22)16-10-6-5-9-14(16)12-25-17/h2-10,15,17-18H,11-12H2,1H3/t15-,17+,18-/m1/s1.